The first-order chi connectivity index (χ1) is 8.98. The van der Waals surface area contributed by atoms with Crippen LogP contribution in [-0.4, -0.2) is 21.2 Å². The molecule has 112 valence electrons. The van der Waals surface area contributed by atoms with Crippen molar-refractivity contribution in [2.24, 2.45) is 16.7 Å². The van der Waals surface area contributed by atoms with Crippen LogP contribution in [0.4, 0.5) is 11.4 Å². The van der Waals surface area contributed by atoms with Crippen molar-refractivity contribution in [1.29, 1.82) is 0 Å². The fraction of sp³-hybridized carbons (Fsp3) is 0.600. The van der Waals surface area contributed by atoms with E-state index in [1.807, 2.05) is 0 Å². The Labute approximate surface area is 121 Å². The van der Waals surface area contributed by atoms with Crippen molar-refractivity contribution in [2.75, 3.05) is 23.9 Å². The Balaban J connectivity index is 2.09. The molecule has 1 fully saturated rings. The van der Waals surface area contributed by atoms with Crippen molar-refractivity contribution < 1.29 is 8.42 Å². The number of sulfone groups is 1. The molecule has 1 aromatic carbocycles. The standard InChI is InChI=1S/C15H24N2O2S/c1-14(2)13(15(14,3)4)9-17-12-7-6-10(8-11(12)16)20(5,18)19/h6-8,13,17H,9,16H2,1-5H3. The second-order valence-electron chi connectivity index (χ2n) is 6.90. The van der Waals surface area contributed by atoms with Crippen LogP contribution in [0.25, 0.3) is 0 Å². The van der Waals surface area contributed by atoms with Gasteiger partial charge in [-0.25, -0.2) is 8.42 Å². The minimum absolute atomic E-state index is 0.257. The summed E-state index contributed by atoms with van der Waals surface area (Å²) < 4.78 is 22.9. The van der Waals surface area contributed by atoms with E-state index in [9.17, 15) is 8.42 Å². The van der Waals surface area contributed by atoms with E-state index in [4.69, 9.17) is 5.73 Å². The summed E-state index contributed by atoms with van der Waals surface area (Å²) in [5, 5.41) is 3.34. The zero-order valence-electron chi connectivity index (χ0n) is 12.8. The van der Waals surface area contributed by atoms with Gasteiger partial charge in [-0.15, -0.1) is 0 Å². The molecule has 0 aliphatic heterocycles. The smallest absolute Gasteiger partial charge is 0.175 e. The summed E-state index contributed by atoms with van der Waals surface area (Å²) in [4.78, 5) is 0.257. The monoisotopic (exact) mass is 296 g/mol. The predicted molar refractivity (Wildman–Crippen MR) is 83.5 cm³/mol. The molecule has 0 aromatic heterocycles. The summed E-state index contributed by atoms with van der Waals surface area (Å²) in [7, 11) is -3.21. The molecule has 0 heterocycles. The third kappa shape index (κ3) is 2.39. The van der Waals surface area contributed by atoms with Crippen molar-refractivity contribution in [3.8, 4) is 0 Å². The van der Waals surface area contributed by atoms with Crippen LogP contribution in [-0.2, 0) is 9.84 Å². The van der Waals surface area contributed by atoms with Gasteiger partial charge in [-0.05, 0) is 34.9 Å². The Hall–Kier alpha value is -1.23. The number of nitrogen functional groups attached to an aromatic ring is 1. The van der Waals surface area contributed by atoms with Gasteiger partial charge in [-0.2, -0.15) is 0 Å². The minimum Gasteiger partial charge on any atom is -0.397 e. The lowest BCUT2D eigenvalue weighted by Gasteiger charge is -2.11. The van der Waals surface area contributed by atoms with Gasteiger partial charge in [0, 0.05) is 12.8 Å². The molecule has 0 radical (unpaired) electrons. The third-order valence-electron chi connectivity index (χ3n) is 5.27. The highest BCUT2D eigenvalue weighted by atomic mass is 32.2. The summed E-state index contributed by atoms with van der Waals surface area (Å²) in [6.45, 7) is 9.94. The van der Waals surface area contributed by atoms with E-state index < -0.39 is 9.84 Å². The molecule has 5 heteroatoms. The molecule has 0 unspecified atom stereocenters. The first-order valence-corrected chi connectivity index (χ1v) is 8.70. The van der Waals surface area contributed by atoms with Crippen LogP contribution in [0, 0.1) is 16.7 Å². The Kier molecular flexibility index (Phi) is 3.32. The second-order valence-corrected chi connectivity index (χ2v) is 8.91. The molecule has 20 heavy (non-hydrogen) atoms. The van der Waals surface area contributed by atoms with Gasteiger partial charge in [0.1, 0.15) is 0 Å². The van der Waals surface area contributed by atoms with Gasteiger partial charge in [0.2, 0.25) is 0 Å². The van der Waals surface area contributed by atoms with Crippen molar-refractivity contribution in [3.05, 3.63) is 18.2 Å². The Morgan fingerprint density at radius 2 is 1.75 bits per heavy atom. The van der Waals surface area contributed by atoms with Crippen LogP contribution < -0.4 is 11.1 Å². The minimum atomic E-state index is -3.21. The maximum Gasteiger partial charge on any atom is 0.175 e. The normalized spacial score (nSPS) is 20.6. The molecule has 1 aliphatic carbocycles. The Morgan fingerprint density at radius 3 is 2.15 bits per heavy atom. The van der Waals surface area contributed by atoms with E-state index in [1.165, 1.54) is 12.3 Å². The molecule has 0 spiro atoms. The molecular weight excluding hydrogens is 272 g/mol. The van der Waals surface area contributed by atoms with Crippen molar-refractivity contribution in [1.82, 2.24) is 0 Å². The van der Waals surface area contributed by atoms with Gasteiger partial charge in [0.05, 0.1) is 16.3 Å². The maximum absolute atomic E-state index is 11.5. The zero-order valence-corrected chi connectivity index (χ0v) is 13.6. The number of nitrogens with two attached hydrogens (primary N) is 1. The molecule has 0 amide bonds. The van der Waals surface area contributed by atoms with E-state index >= 15 is 0 Å². The fourth-order valence-electron chi connectivity index (χ4n) is 2.99. The third-order valence-corrected chi connectivity index (χ3v) is 6.38. The van der Waals surface area contributed by atoms with E-state index in [2.05, 4.69) is 33.0 Å². The summed E-state index contributed by atoms with van der Waals surface area (Å²) in [5.74, 6) is 0.587. The van der Waals surface area contributed by atoms with Crippen LogP contribution >= 0.6 is 0 Å². The highest BCUT2D eigenvalue weighted by Crippen LogP contribution is 2.68. The SMILES string of the molecule is CC1(C)C(CNc2ccc(S(C)(=O)=O)cc2N)C1(C)C. The Morgan fingerprint density at radius 1 is 1.20 bits per heavy atom. The van der Waals surface area contributed by atoms with Gasteiger partial charge < -0.3 is 11.1 Å². The number of nitrogens with one attached hydrogen (secondary N) is 1. The van der Waals surface area contributed by atoms with Gasteiger partial charge in [0.25, 0.3) is 0 Å². The zero-order chi connectivity index (χ0) is 15.3. The molecule has 3 N–H and O–H groups in total. The number of benzene rings is 1. The molecule has 1 aliphatic rings. The highest BCUT2D eigenvalue weighted by Gasteiger charge is 2.64. The molecular formula is C15H24N2O2S. The maximum atomic E-state index is 11.5. The first-order valence-electron chi connectivity index (χ1n) is 6.81. The summed E-state index contributed by atoms with van der Waals surface area (Å²) in [5.41, 5.74) is 7.85. The van der Waals surface area contributed by atoms with Crippen LogP contribution in [0.1, 0.15) is 27.7 Å². The number of anilines is 2. The van der Waals surface area contributed by atoms with E-state index in [0.717, 1.165) is 12.2 Å². The Bertz CT molecular complexity index is 619. The lowest BCUT2D eigenvalue weighted by Crippen LogP contribution is -2.10. The molecule has 0 atom stereocenters. The van der Waals surface area contributed by atoms with Crippen LogP contribution in [0.2, 0.25) is 0 Å². The van der Waals surface area contributed by atoms with Crippen LogP contribution in [0.15, 0.2) is 23.1 Å². The van der Waals surface area contributed by atoms with Crippen LogP contribution in [0.3, 0.4) is 0 Å². The van der Waals surface area contributed by atoms with Gasteiger partial charge in [0.15, 0.2) is 9.84 Å². The molecule has 1 aromatic rings. The molecule has 1 saturated carbocycles. The largest absolute Gasteiger partial charge is 0.397 e. The van der Waals surface area contributed by atoms with Crippen molar-refractivity contribution in [2.45, 2.75) is 32.6 Å². The predicted octanol–water partition coefficient (Wildman–Crippen LogP) is 2.77. The van der Waals surface area contributed by atoms with Crippen molar-refractivity contribution >= 4 is 21.2 Å². The lowest BCUT2D eigenvalue weighted by molar-refractivity contribution is 0.457. The number of hydrogen-bond donors (Lipinski definition) is 2. The summed E-state index contributed by atoms with van der Waals surface area (Å²) >= 11 is 0. The molecule has 4 nitrogen and oxygen atoms in total. The average molecular weight is 296 g/mol. The topological polar surface area (TPSA) is 72.2 Å². The molecule has 2 rings (SSSR count). The summed E-state index contributed by atoms with van der Waals surface area (Å²) in [6, 6.07) is 4.85. The number of hydrogen-bond acceptors (Lipinski definition) is 4. The second kappa shape index (κ2) is 4.38. The number of rotatable bonds is 4. The van der Waals surface area contributed by atoms with E-state index in [-0.39, 0.29) is 4.90 Å². The average Bonchev–Trinajstić information content (AvgIpc) is 2.67. The van der Waals surface area contributed by atoms with Gasteiger partial charge in [-0.3, -0.25) is 0 Å². The van der Waals surface area contributed by atoms with Gasteiger partial charge in [-0.1, -0.05) is 27.7 Å². The summed E-state index contributed by atoms with van der Waals surface area (Å²) in [6.07, 6.45) is 1.18. The van der Waals surface area contributed by atoms with E-state index in [0.29, 0.717) is 22.4 Å². The fourth-order valence-corrected chi connectivity index (χ4v) is 3.64. The quantitative estimate of drug-likeness (QED) is 0.838. The first kappa shape index (κ1) is 15.2. The van der Waals surface area contributed by atoms with Crippen LogP contribution in [0.5, 0.6) is 0 Å². The van der Waals surface area contributed by atoms with E-state index in [1.54, 1.807) is 12.1 Å². The van der Waals surface area contributed by atoms with Gasteiger partial charge >= 0.3 is 0 Å². The van der Waals surface area contributed by atoms with Crippen molar-refractivity contribution in [3.63, 3.8) is 0 Å². The lowest BCUT2D eigenvalue weighted by atomic mass is 10.0. The highest BCUT2D eigenvalue weighted by molar-refractivity contribution is 7.90. The molecule has 0 saturated heterocycles. The molecule has 0 bridgehead atoms.